The van der Waals surface area contributed by atoms with Crippen LogP contribution in [0.2, 0.25) is 0 Å². The summed E-state index contributed by atoms with van der Waals surface area (Å²) in [6.45, 7) is 4.89. The number of benzene rings is 1. The Balaban J connectivity index is 2.86. The smallest absolute Gasteiger partial charge is 0.146 e. The van der Waals surface area contributed by atoms with Gasteiger partial charge in [-0.25, -0.2) is 4.39 Å². The maximum atomic E-state index is 13.7. The number of halogens is 1. The molecular formula is C14H23FN2. The molecule has 0 fully saturated rings. The first-order valence-corrected chi connectivity index (χ1v) is 6.29. The summed E-state index contributed by atoms with van der Waals surface area (Å²) in [6, 6.07) is 7.04. The van der Waals surface area contributed by atoms with Crippen LogP contribution in [0.25, 0.3) is 0 Å². The van der Waals surface area contributed by atoms with Gasteiger partial charge in [-0.2, -0.15) is 0 Å². The van der Waals surface area contributed by atoms with E-state index in [0.717, 1.165) is 12.8 Å². The van der Waals surface area contributed by atoms with Crippen LogP contribution in [-0.2, 0) is 0 Å². The fraction of sp³-hybridized carbons (Fsp3) is 0.571. The Bertz CT molecular complexity index is 341. The largest absolute Gasteiger partial charge is 0.368 e. The Morgan fingerprint density at radius 3 is 2.53 bits per heavy atom. The van der Waals surface area contributed by atoms with Crippen LogP contribution in [0.3, 0.4) is 0 Å². The second kappa shape index (κ2) is 6.60. The van der Waals surface area contributed by atoms with Crippen molar-refractivity contribution in [3.05, 3.63) is 30.1 Å². The van der Waals surface area contributed by atoms with E-state index in [4.69, 9.17) is 5.73 Å². The highest BCUT2D eigenvalue weighted by Crippen LogP contribution is 2.23. The number of rotatable bonds is 6. The highest BCUT2D eigenvalue weighted by Gasteiger charge is 2.21. The summed E-state index contributed by atoms with van der Waals surface area (Å²) in [7, 11) is 1.92. The molecule has 1 aromatic carbocycles. The van der Waals surface area contributed by atoms with Crippen LogP contribution in [-0.4, -0.2) is 19.6 Å². The first-order valence-electron chi connectivity index (χ1n) is 6.29. The van der Waals surface area contributed by atoms with Crippen molar-refractivity contribution in [2.75, 3.05) is 18.5 Å². The molecule has 0 bridgehead atoms. The molecule has 0 aliphatic heterocycles. The average molecular weight is 238 g/mol. The quantitative estimate of drug-likeness (QED) is 0.825. The second-order valence-corrected chi connectivity index (χ2v) is 4.63. The molecule has 17 heavy (non-hydrogen) atoms. The van der Waals surface area contributed by atoms with Gasteiger partial charge in [0.15, 0.2) is 0 Å². The molecular weight excluding hydrogens is 215 g/mol. The second-order valence-electron chi connectivity index (χ2n) is 4.63. The third kappa shape index (κ3) is 3.43. The van der Waals surface area contributed by atoms with Crippen LogP contribution in [0.4, 0.5) is 10.1 Å². The average Bonchev–Trinajstić information content (AvgIpc) is 2.30. The van der Waals surface area contributed by atoms with Gasteiger partial charge in [0.05, 0.1) is 5.69 Å². The number of para-hydroxylation sites is 1. The van der Waals surface area contributed by atoms with Crippen LogP contribution in [0, 0.1) is 11.7 Å². The van der Waals surface area contributed by atoms with Crippen LogP contribution >= 0.6 is 0 Å². The lowest BCUT2D eigenvalue weighted by atomic mass is 9.95. The number of nitrogens with two attached hydrogens (primary N) is 1. The molecule has 2 nitrogen and oxygen atoms in total. The zero-order chi connectivity index (χ0) is 12.8. The Hall–Kier alpha value is -1.09. The van der Waals surface area contributed by atoms with Gasteiger partial charge in [-0.05, 0) is 24.5 Å². The van der Waals surface area contributed by atoms with E-state index < -0.39 is 0 Å². The maximum absolute atomic E-state index is 13.7. The molecule has 2 N–H and O–H groups in total. The van der Waals surface area contributed by atoms with Gasteiger partial charge in [-0.15, -0.1) is 0 Å². The molecule has 0 saturated heterocycles. The number of hydrogen-bond acceptors (Lipinski definition) is 2. The predicted molar refractivity (Wildman–Crippen MR) is 71.7 cm³/mol. The van der Waals surface area contributed by atoms with E-state index in [0.29, 0.717) is 18.2 Å². The molecule has 0 aliphatic rings. The molecule has 0 spiro atoms. The molecule has 0 heterocycles. The lowest BCUT2D eigenvalue weighted by Crippen LogP contribution is -2.43. The lowest BCUT2D eigenvalue weighted by Gasteiger charge is -2.33. The Morgan fingerprint density at radius 2 is 2.00 bits per heavy atom. The molecule has 0 aromatic heterocycles. The van der Waals surface area contributed by atoms with Crippen molar-refractivity contribution >= 4 is 5.69 Å². The minimum Gasteiger partial charge on any atom is -0.368 e. The lowest BCUT2D eigenvalue weighted by molar-refractivity contribution is 0.411. The maximum Gasteiger partial charge on any atom is 0.146 e. The van der Waals surface area contributed by atoms with Crippen molar-refractivity contribution < 1.29 is 4.39 Å². The van der Waals surface area contributed by atoms with Gasteiger partial charge >= 0.3 is 0 Å². The minimum absolute atomic E-state index is 0.183. The van der Waals surface area contributed by atoms with E-state index >= 15 is 0 Å². The topological polar surface area (TPSA) is 29.3 Å². The number of hydrogen-bond donors (Lipinski definition) is 1. The predicted octanol–water partition coefficient (Wildman–Crippen LogP) is 3.03. The monoisotopic (exact) mass is 238 g/mol. The van der Waals surface area contributed by atoms with Crippen LogP contribution in [0.15, 0.2) is 24.3 Å². The minimum atomic E-state index is -0.183. The van der Waals surface area contributed by atoms with Gasteiger partial charge in [-0.3, -0.25) is 0 Å². The molecule has 1 aromatic rings. The van der Waals surface area contributed by atoms with E-state index in [-0.39, 0.29) is 11.9 Å². The Labute approximate surface area is 104 Å². The molecule has 2 atom stereocenters. The first kappa shape index (κ1) is 14.0. The van der Waals surface area contributed by atoms with Crippen molar-refractivity contribution in [3.8, 4) is 0 Å². The first-order chi connectivity index (χ1) is 8.11. The van der Waals surface area contributed by atoms with Crippen molar-refractivity contribution in [1.29, 1.82) is 0 Å². The fourth-order valence-corrected chi connectivity index (χ4v) is 2.34. The van der Waals surface area contributed by atoms with Crippen LogP contribution < -0.4 is 10.6 Å². The van der Waals surface area contributed by atoms with Gasteiger partial charge < -0.3 is 10.6 Å². The molecule has 96 valence electrons. The molecule has 3 heteroatoms. The summed E-state index contributed by atoms with van der Waals surface area (Å²) in [4.78, 5) is 1.97. The van der Waals surface area contributed by atoms with E-state index in [1.807, 2.05) is 18.0 Å². The van der Waals surface area contributed by atoms with Gasteiger partial charge in [0.25, 0.3) is 0 Å². The molecule has 0 saturated carbocycles. The highest BCUT2D eigenvalue weighted by molar-refractivity contribution is 5.48. The summed E-state index contributed by atoms with van der Waals surface area (Å²) < 4.78 is 13.7. The fourth-order valence-electron chi connectivity index (χ4n) is 2.34. The van der Waals surface area contributed by atoms with Gasteiger partial charge in [-0.1, -0.05) is 32.4 Å². The van der Waals surface area contributed by atoms with E-state index in [2.05, 4.69) is 13.8 Å². The SMILES string of the molecule is CCCC(C)C(CN)N(C)c1ccccc1F. The normalized spacial score (nSPS) is 14.4. The van der Waals surface area contributed by atoms with Crippen LogP contribution in [0.5, 0.6) is 0 Å². The Kier molecular flexibility index (Phi) is 5.42. The van der Waals surface area contributed by atoms with Crippen molar-refractivity contribution in [2.45, 2.75) is 32.7 Å². The third-order valence-electron chi connectivity index (χ3n) is 3.37. The van der Waals surface area contributed by atoms with E-state index in [9.17, 15) is 4.39 Å². The number of anilines is 1. The Morgan fingerprint density at radius 1 is 1.35 bits per heavy atom. The summed E-state index contributed by atoms with van der Waals surface area (Å²) in [5, 5.41) is 0. The molecule has 0 radical (unpaired) electrons. The van der Waals surface area contributed by atoms with Gasteiger partial charge in [0.1, 0.15) is 5.82 Å². The standard InChI is InChI=1S/C14H23FN2/c1-4-7-11(2)14(10-16)17(3)13-9-6-5-8-12(13)15/h5-6,8-9,11,14H,4,7,10,16H2,1-3H3. The van der Waals surface area contributed by atoms with E-state index in [1.165, 1.54) is 6.07 Å². The zero-order valence-corrected chi connectivity index (χ0v) is 11.0. The van der Waals surface area contributed by atoms with Crippen molar-refractivity contribution in [1.82, 2.24) is 0 Å². The summed E-state index contributed by atoms with van der Waals surface area (Å²) >= 11 is 0. The van der Waals surface area contributed by atoms with Crippen molar-refractivity contribution in [3.63, 3.8) is 0 Å². The molecule has 2 unspecified atom stereocenters. The van der Waals surface area contributed by atoms with Crippen molar-refractivity contribution in [2.24, 2.45) is 11.7 Å². The van der Waals surface area contributed by atoms with Gasteiger partial charge in [0, 0.05) is 19.6 Å². The zero-order valence-electron chi connectivity index (χ0n) is 11.0. The van der Waals surface area contributed by atoms with Crippen LogP contribution in [0.1, 0.15) is 26.7 Å². The highest BCUT2D eigenvalue weighted by atomic mass is 19.1. The number of nitrogens with zero attached hydrogens (tertiary/aromatic N) is 1. The molecule has 0 aliphatic carbocycles. The van der Waals surface area contributed by atoms with Gasteiger partial charge in [0.2, 0.25) is 0 Å². The van der Waals surface area contributed by atoms with E-state index in [1.54, 1.807) is 12.1 Å². The summed E-state index contributed by atoms with van der Waals surface area (Å²) in [6.07, 6.45) is 2.24. The summed E-state index contributed by atoms with van der Waals surface area (Å²) in [5.41, 5.74) is 6.46. The summed E-state index contributed by atoms with van der Waals surface area (Å²) in [5.74, 6) is 0.284. The number of likely N-dealkylation sites (N-methyl/N-ethyl adjacent to an activating group) is 1. The molecule has 1 rings (SSSR count). The third-order valence-corrected chi connectivity index (χ3v) is 3.37. The molecule has 0 amide bonds.